The summed E-state index contributed by atoms with van der Waals surface area (Å²) in [5.41, 5.74) is -2.63. The highest BCUT2D eigenvalue weighted by Crippen LogP contribution is 2.33. The standard InChI is InChI=1S/C7H2F6IN/c8-5(9)2-1-3(14)4(7(11,12)13)15-6(2)10/h1,5H. The molecule has 1 heterocycles. The van der Waals surface area contributed by atoms with Crippen molar-refractivity contribution in [3.05, 3.63) is 26.8 Å². The number of nitrogens with zero attached hydrogens (tertiary/aromatic N) is 1. The lowest BCUT2D eigenvalue weighted by atomic mass is 10.2. The van der Waals surface area contributed by atoms with Crippen LogP contribution in [0.25, 0.3) is 0 Å². The third-order valence-electron chi connectivity index (χ3n) is 1.46. The molecule has 0 spiro atoms. The molecule has 0 saturated carbocycles. The monoisotopic (exact) mass is 341 g/mol. The second-order valence-corrected chi connectivity index (χ2v) is 3.66. The molecule has 1 nitrogen and oxygen atoms in total. The van der Waals surface area contributed by atoms with E-state index in [2.05, 4.69) is 4.98 Å². The number of aromatic nitrogens is 1. The zero-order valence-corrected chi connectivity index (χ0v) is 8.91. The predicted octanol–water partition coefficient (Wildman–Crippen LogP) is 3.78. The van der Waals surface area contributed by atoms with Crippen LogP contribution in [-0.4, -0.2) is 4.98 Å². The summed E-state index contributed by atoms with van der Waals surface area (Å²) in [5, 5.41) is 0. The van der Waals surface area contributed by atoms with Crippen LogP contribution >= 0.6 is 22.6 Å². The fourth-order valence-corrected chi connectivity index (χ4v) is 1.59. The minimum absolute atomic E-state index is 0.441. The second-order valence-electron chi connectivity index (χ2n) is 2.50. The van der Waals surface area contributed by atoms with Gasteiger partial charge >= 0.3 is 6.18 Å². The van der Waals surface area contributed by atoms with Crippen molar-refractivity contribution < 1.29 is 26.3 Å². The van der Waals surface area contributed by atoms with Gasteiger partial charge in [0.05, 0.1) is 5.56 Å². The maximum atomic E-state index is 12.7. The van der Waals surface area contributed by atoms with Gasteiger partial charge in [0.2, 0.25) is 5.95 Å². The van der Waals surface area contributed by atoms with Gasteiger partial charge < -0.3 is 0 Å². The van der Waals surface area contributed by atoms with E-state index in [4.69, 9.17) is 0 Å². The quantitative estimate of drug-likeness (QED) is 0.430. The van der Waals surface area contributed by atoms with Crippen LogP contribution in [0.5, 0.6) is 0 Å². The van der Waals surface area contributed by atoms with Gasteiger partial charge in [-0.1, -0.05) is 0 Å². The van der Waals surface area contributed by atoms with Gasteiger partial charge in [-0.15, -0.1) is 0 Å². The van der Waals surface area contributed by atoms with Gasteiger partial charge in [-0.25, -0.2) is 13.8 Å². The minimum atomic E-state index is -4.85. The Morgan fingerprint density at radius 3 is 2.20 bits per heavy atom. The fraction of sp³-hybridized carbons (Fsp3) is 0.286. The molecular formula is C7H2F6IN. The molecule has 15 heavy (non-hydrogen) atoms. The van der Waals surface area contributed by atoms with E-state index in [0.29, 0.717) is 6.07 Å². The first-order valence-electron chi connectivity index (χ1n) is 3.44. The largest absolute Gasteiger partial charge is 0.434 e. The Hall–Kier alpha value is -0.540. The molecule has 0 radical (unpaired) electrons. The van der Waals surface area contributed by atoms with Crippen molar-refractivity contribution in [3.63, 3.8) is 0 Å². The van der Waals surface area contributed by atoms with Crippen molar-refractivity contribution in [1.82, 2.24) is 4.98 Å². The van der Waals surface area contributed by atoms with Crippen LogP contribution in [0.4, 0.5) is 26.3 Å². The lowest BCUT2D eigenvalue weighted by Gasteiger charge is -2.10. The molecule has 1 rings (SSSR count). The second kappa shape index (κ2) is 4.14. The molecule has 0 unspecified atom stereocenters. The van der Waals surface area contributed by atoms with Crippen molar-refractivity contribution in [2.24, 2.45) is 0 Å². The van der Waals surface area contributed by atoms with E-state index in [1.54, 1.807) is 0 Å². The Kier molecular flexibility index (Phi) is 3.46. The first-order valence-corrected chi connectivity index (χ1v) is 4.52. The predicted molar refractivity (Wildman–Crippen MR) is 46.9 cm³/mol. The highest BCUT2D eigenvalue weighted by molar-refractivity contribution is 14.1. The van der Waals surface area contributed by atoms with E-state index in [-0.39, 0.29) is 0 Å². The van der Waals surface area contributed by atoms with Crippen molar-refractivity contribution in [2.45, 2.75) is 12.6 Å². The Bertz CT molecular complexity index is 374. The third-order valence-corrected chi connectivity index (χ3v) is 2.28. The van der Waals surface area contributed by atoms with E-state index in [9.17, 15) is 26.3 Å². The summed E-state index contributed by atoms with van der Waals surface area (Å²) in [6.07, 6.45) is -8.04. The maximum Gasteiger partial charge on any atom is 0.434 e. The Balaban J connectivity index is 3.32. The third kappa shape index (κ3) is 2.73. The minimum Gasteiger partial charge on any atom is -0.214 e. The van der Waals surface area contributed by atoms with Crippen LogP contribution in [-0.2, 0) is 6.18 Å². The van der Waals surface area contributed by atoms with E-state index in [1.165, 1.54) is 22.6 Å². The molecular weight excluding hydrogens is 339 g/mol. The van der Waals surface area contributed by atoms with Gasteiger partial charge in [-0.05, 0) is 28.7 Å². The van der Waals surface area contributed by atoms with Crippen LogP contribution in [0.2, 0.25) is 0 Å². The molecule has 8 heteroatoms. The molecule has 0 aliphatic heterocycles. The molecule has 0 fully saturated rings. The molecule has 0 N–H and O–H groups in total. The van der Waals surface area contributed by atoms with E-state index < -0.39 is 33.4 Å². The average molecular weight is 341 g/mol. The highest BCUT2D eigenvalue weighted by Gasteiger charge is 2.36. The first-order chi connectivity index (χ1) is 6.73. The van der Waals surface area contributed by atoms with Crippen LogP contribution in [0.3, 0.4) is 0 Å². The van der Waals surface area contributed by atoms with Crippen molar-refractivity contribution in [1.29, 1.82) is 0 Å². The first kappa shape index (κ1) is 12.5. The van der Waals surface area contributed by atoms with E-state index in [1.807, 2.05) is 0 Å². The Labute approximate surface area is 93.6 Å². The van der Waals surface area contributed by atoms with Crippen molar-refractivity contribution >= 4 is 22.6 Å². The SMILES string of the molecule is Fc1nc(C(F)(F)F)c(I)cc1C(F)F. The lowest BCUT2D eigenvalue weighted by Crippen LogP contribution is -2.13. The molecule has 84 valence electrons. The van der Waals surface area contributed by atoms with Gasteiger partial charge in [-0.2, -0.15) is 17.6 Å². The summed E-state index contributed by atoms with van der Waals surface area (Å²) in [6.45, 7) is 0. The van der Waals surface area contributed by atoms with Crippen molar-refractivity contribution in [2.75, 3.05) is 0 Å². The summed E-state index contributed by atoms with van der Waals surface area (Å²) in [4.78, 5) is 2.49. The normalized spacial score (nSPS) is 12.3. The summed E-state index contributed by atoms with van der Waals surface area (Å²) in [5.74, 6) is -1.79. The Morgan fingerprint density at radius 1 is 1.27 bits per heavy atom. The molecule has 0 aliphatic rings. The smallest absolute Gasteiger partial charge is 0.214 e. The number of alkyl halides is 5. The van der Waals surface area contributed by atoms with Gasteiger partial charge in [-0.3, -0.25) is 0 Å². The van der Waals surface area contributed by atoms with Gasteiger partial charge in [0.25, 0.3) is 6.43 Å². The Morgan fingerprint density at radius 2 is 1.80 bits per heavy atom. The molecule has 1 aromatic heterocycles. The highest BCUT2D eigenvalue weighted by atomic mass is 127. The van der Waals surface area contributed by atoms with Crippen molar-refractivity contribution in [3.8, 4) is 0 Å². The van der Waals surface area contributed by atoms with E-state index >= 15 is 0 Å². The number of hydrogen-bond donors (Lipinski definition) is 0. The van der Waals surface area contributed by atoms with Gasteiger partial charge in [0.15, 0.2) is 5.69 Å². The van der Waals surface area contributed by atoms with Crippen LogP contribution in [0.1, 0.15) is 17.7 Å². The molecule has 0 amide bonds. The van der Waals surface area contributed by atoms with Crippen LogP contribution in [0.15, 0.2) is 6.07 Å². The summed E-state index contributed by atoms with van der Waals surface area (Å²) in [7, 11) is 0. The molecule has 0 saturated heterocycles. The summed E-state index contributed by atoms with van der Waals surface area (Å²) < 4.78 is 72.7. The van der Waals surface area contributed by atoms with Gasteiger partial charge in [0.1, 0.15) is 0 Å². The number of pyridine rings is 1. The topological polar surface area (TPSA) is 12.9 Å². The maximum absolute atomic E-state index is 12.7. The fourth-order valence-electron chi connectivity index (χ4n) is 0.832. The molecule has 0 aromatic carbocycles. The zero-order valence-electron chi connectivity index (χ0n) is 6.75. The molecule has 0 atom stereocenters. The summed E-state index contributed by atoms with van der Waals surface area (Å²) in [6, 6.07) is 0.441. The van der Waals surface area contributed by atoms with E-state index in [0.717, 1.165) is 0 Å². The van der Waals surface area contributed by atoms with Crippen LogP contribution < -0.4 is 0 Å². The number of halogens is 7. The van der Waals surface area contributed by atoms with Crippen LogP contribution in [0, 0.1) is 9.52 Å². The zero-order chi connectivity index (χ0) is 11.8. The molecule has 0 bridgehead atoms. The summed E-state index contributed by atoms with van der Waals surface area (Å²) >= 11 is 1.18. The van der Waals surface area contributed by atoms with Gasteiger partial charge in [0, 0.05) is 3.57 Å². The molecule has 0 aliphatic carbocycles. The molecule has 1 aromatic rings. The number of hydrogen-bond acceptors (Lipinski definition) is 1. The lowest BCUT2D eigenvalue weighted by molar-refractivity contribution is -0.142. The number of rotatable bonds is 1. The average Bonchev–Trinajstić information content (AvgIpc) is 2.06.